The molecule has 2 rings (SSSR count). The molecule has 2 N–H and O–H groups in total. The van der Waals surface area contributed by atoms with E-state index >= 15 is 0 Å². The SMILES string of the molecule is O=S(=O)(CC1CCCCO1)NC1CCNC1. The first kappa shape index (κ1) is 12.3. The Morgan fingerprint density at radius 2 is 2.19 bits per heavy atom. The van der Waals surface area contributed by atoms with Gasteiger partial charge in [0.1, 0.15) is 0 Å². The normalized spacial score (nSPS) is 31.8. The van der Waals surface area contributed by atoms with Crippen molar-refractivity contribution in [2.24, 2.45) is 0 Å². The van der Waals surface area contributed by atoms with Crippen molar-refractivity contribution in [3.63, 3.8) is 0 Å². The van der Waals surface area contributed by atoms with Gasteiger partial charge in [-0.3, -0.25) is 0 Å². The molecule has 2 fully saturated rings. The standard InChI is InChI=1S/C10H20N2O3S/c13-16(14,12-9-4-5-11-7-9)8-10-3-1-2-6-15-10/h9-12H,1-8H2. The molecule has 0 spiro atoms. The van der Waals surface area contributed by atoms with Crippen LogP contribution in [0.4, 0.5) is 0 Å². The summed E-state index contributed by atoms with van der Waals surface area (Å²) >= 11 is 0. The number of ether oxygens (including phenoxy) is 1. The van der Waals surface area contributed by atoms with Gasteiger partial charge in [0.05, 0.1) is 11.9 Å². The van der Waals surface area contributed by atoms with Crippen LogP contribution in [0.2, 0.25) is 0 Å². The van der Waals surface area contributed by atoms with Gasteiger partial charge in [0.25, 0.3) is 0 Å². The molecule has 0 aromatic heterocycles. The summed E-state index contributed by atoms with van der Waals surface area (Å²) in [5.74, 6) is 0.115. The zero-order chi connectivity index (χ0) is 11.4. The molecule has 2 unspecified atom stereocenters. The zero-order valence-corrected chi connectivity index (χ0v) is 10.3. The van der Waals surface area contributed by atoms with E-state index in [-0.39, 0.29) is 17.9 Å². The Morgan fingerprint density at radius 3 is 2.81 bits per heavy atom. The molecule has 0 saturated carbocycles. The molecule has 6 heteroatoms. The summed E-state index contributed by atoms with van der Waals surface area (Å²) in [5.41, 5.74) is 0. The van der Waals surface area contributed by atoms with Crippen molar-refractivity contribution in [3.05, 3.63) is 0 Å². The number of rotatable bonds is 4. The average Bonchev–Trinajstić information content (AvgIpc) is 2.70. The van der Waals surface area contributed by atoms with Crippen LogP contribution >= 0.6 is 0 Å². The van der Waals surface area contributed by atoms with Crippen molar-refractivity contribution in [2.45, 2.75) is 37.8 Å². The van der Waals surface area contributed by atoms with Crippen molar-refractivity contribution >= 4 is 10.0 Å². The van der Waals surface area contributed by atoms with Gasteiger partial charge in [0, 0.05) is 19.2 Å². The van der Waals surface area contributed by atoms with Crippen LogP contribution in [0.1, 0.15) is 25.7 Å². The van der Waals surface area contributed by atoms with Crippen molar-refractivity contribution in [3.8, 4) is 0 Å². The Morgan fingerprint density at radius 1 is 1.31 bits per heavy atom. The second-order valence-corrected chi connectivity index (χ2v) is 6.38. The molecular formula is C10H20N2O3S. The fourth-order valence-corrected chi connectivity index (χ4v) is 3.80. The molecule has 0 aliphatic carbocycles. The summed E-state index contributed by atoms with van der Waals surface area (Å²) in [6, 6.07) is 0.0635. The predicted molar refractivity (Wildman–Crippen MR) is 61.8 cm³/mol. The Hall–Kier alpha value is -0.170. The Kier molecular flexibility index (Phi) is 4.18. The van der Waals surface area contributed by atoms with Crippen LogP contribution in [0.5, 0.6) is 0 Å². The molecule has 94 valence electrons. The summed E-state index contributed by atoms with van der Waals surface area (Å²) in [4.78, 5) is 0. The second-order valence-electron chi connectivity index (χ2n) is 4.58. The van der Waals surface area contributed by atoms with Crippen LogP contribution in [-0.4, -0.2) is 46.0 Å². The molecule has 0 aromatic carbocycles. The van der Waals surface area contributed by atoms with Gasteiger partial charge in [-0.05, 0) is 32.2 Å². The Bertz CT molecular complexity index is 306. The maximum Gasteiger partial charge on any atom is 0.214 e. The van der Waals surface area contributed by atoms with E-state index in [9.17, 15) is 8.42 Å². The molecule has 2 aliphatic heterocycles. The highest BCUT2D eigenvalue weighted by Gasteiger charge is 2.25. The summed E-state index contributed by atoms with van der Waals surface area (Å²) in [7, 11) is -3.18. The smallest absolute Gasteiger partial charge is 0.214 e. The Labute approximate surface area is 97.0 Å². The lowest BCUT2D eigenvalue weighted by molar-refractivity contribution is 0.0303. The third kappa shape index (κ3) is 3.69. The quantitative estimate of drug-likeness (QED) is 0.725. The summed E-state index contributed by atoms with van der Waals surface area (Å²) < 4.78 is 31.8. The van der Waals surface area contributed by atoms with E-state index in [0.29, 0.717) is 6.61 Å². The van der Waals surface area contributed by atoms with Gasteiger partial charge in [-0.25, -0.2) is 13.1 Å². The minimum atomic E-state index is -3.18. The van der Waals surface area contributed by atoms with Crippen LogP contribution in [0.25, 0.3) is 0 Å². The lowest BCUT2D eigenvalue weighted by atomic mass is 10.1. The molecule has 0 amide bonds. The van der Waals surface area contributed by atoms with Gasteiger partial charge in [0.2, 0.25) is 10.0 Å². The van der Waals surface area contributed by atoms with Crippen molar-refractivity contribution in [2.75, 3.05) is 25.4 Å². The van der Waals surface area contributed by atoms with Crippen LogP contribution < -0.4 is 10.0 Å². The first-order valence-corrected chi connectivity index (χ1v) is 7.63. The average molecular weight is 248 g/mol. The second kappa shape index (κ2) is 5.44. The highest BCUT2D eigenvalue weighted by atomic mass is 32.2. The highest BCUT2D eigenvalue weighted by Crippen LogP contribution is 2.14. The first-order chi connectivity index (χ1) is 7.66. The van der Waals surface area contributed by atoms with Gasteiger partial charge >= 0.3 is 0 Å². The molecule has 2 atom stereocenters. The van der Waals surface area contributed by atoms with Crippen molar-refractivity contribution in [1.29, 1.82) is 0 Å². The van der Waals surface area contributed by atoms with Crippen LogP contribution in [0, 0.1) is 0 Å². The van der Waals surface area contributed by atoms with Crippen molar-refractivity contribution < 1.29 is 13.2 Å². The molecule has 2 aliphatic rings. The summed E-state index contributed by atoms with van der Waals surface area (Å²) in [6.07, 6.45) is 3.76. The number of sulfonamides is 1. The van der Waals surface area contributed by atoms with E-state index in [0.717, 1.165) is 38.8 Å². The molecule has 2 heterocycles. The van der Waals surface area contributed by atoms with Gasteiger partial charge in [-0.1, -0.05) is 0 Å². The minimum Gasteiger partial charge on any atom is -0.377 e. The summed E-state index contributed by atoms with van der Waals surface area (Å²) in [5, 5.41) is 3.14. The monoisotopic (exact) mass is 248 g/mol. The number of hydrogen-bond acceptors (Lipinski definition) is 4. The molecule has 16 heavy (non-hydrogen) atoms. The van der Waals surface area contributed by atoms with Gasteiger partial charge in [-0.15, -0.1) is 0 Å². The number of hydrogen-bond donors (Lipinski definition) is 2. The molecule has 5 nitrogen and oxygen atoms in total. The number of nitrogens with one attached hydrogen (secondary N) is 2. The van der Waals surface area contributed by atoms with E-state index in [1.54, 1.807) is 0 Å². The van der Waals surface area contributed by atoms with Crippen LogP contribution in [-0.2, 0) is 14.8 Å². The van der Waals surface area contributed by atoms with E-state index in [1.165, 1.54) is 0 Å². The van der Waals surface area contributed by atoms with Crippen LogP contribution in [0.3, 0.4) is 0 Å². The van der Waals surface area contributed by atoms with Gasteiger partial charge < -0.3 is 10.1 Å². The summed E-state index contributed by atoms with van der Waals surface area (Å²) in [6.45, 7) is 2.34. The fourth-order valence-electron chi connectivity index (χ4n) is 2.24. The molecule has 0 radical (unpaired) electrons. The predicted octanol–water partition coefficient (Wildman–Crippen LogP) is -0.163. The third-order valence-corrected chi connectivity index (χ3v) is 4.59. The van der Waals surface area contributed by atoms with E-state index in [4.69, 9.17) is 4.74 Å². The minimum absolute atomic E-state index is 0.0635. The topological polar surface area (TPSA) is 67.4 Å². The molecular weight excluding hydrogens is 228 g/mol. The van der Waals surface area contributed by atoms with Crippen LogP contribution in [0.15, 0.2) is 0 Å². The van der Waals surface area contributed by atoms with Gasteiger partial charge in [-0.2, -0.15) is 0 Å². The molecule has 0 bridgehead atoms. The molecule has 2 saturated heterocycles. The van der Waals surface area contributed by atoms with Crippen molar-refractivity contribution in [1.82, 2.24) is 10.0 Å². The lowest BCUT2D eigenvalue weighted by Crippen LogP contribution is -2.41. The largest absolute Gasteiger partial charge is 0.377 e. The third-order valence-electron chi connectivity index (χ3n) is 3.09. The zero-order valence-electron chi connectivity index (χ0n) is 9.44. The lowest BCUT2D eigenvalue weighted by Gasteiger charge is -2.23. The first-order valence-electron chi connectivity index (χ1n) is 5.98. The highest BCUT2D eigenvalue weighted by molar-refractivity contribution is 7.89. The molecule has 0 aromatic rings. The fraction of sp³-hybridized carbons (Fsp3) is 1.00. The maximum atomic E-state index is 11.8. The van der Waals surface area contributed by atoms with E-state index in [1.807, 2.05) is 0 Å². The maximum absolute atomic E-state index is 11.8. The van der Waals surface area contributed by atoms with Gasteiger partial charge in [0.15, 0.2) is 0 Å². The van der Waals surface area contributed by atoms with E-state index in [2.05, 4.69) is 10.0 Å². The Balaban J connectivity index is 1.81. The van der Waals surface area contributed by atoms with E-state index < -0.39 is 10.0 Å².